The quantitative estimate of drug-likeness (QED) is 0.817. The molecule has 0 radical (unpaired) electrons. The maximum Gasteiger partial charge on any atom is 0.0851 e. The molecule has 1 aromatic rings. The van der Waals surface area contributed by atoms with Crippen molar-refractivity contribution in [2.45, 2.75) is 12.5 Å². The minimum absolute atomic E-state index is 0.293. The van der Waals surface area contributed by atoms with Crippen LogP contribution < -0.4 is 5.73 Å². The van der Waals surface area contributed by atoms with Crippen molar-refractivity contribution in [1.82, 2.24) is 4.90 Å². The minimum atomic E-state index is -0.456. The van der Waals surface area contributed by atoms with Crippen LogP contribution in [0.1, 0.15) is 18.1 Å². The first-order chi connectivity index (χ1) is 7.59. The molecule has 2 unspecified atom stereocenters. The Bertz CT molecular complexity index is 383. The molecule has 1 saturated heterocycles. The van der Waals surface area contributed by atoms with E-state index in [1.165, 1.54) is 0 Å². The fourth-order valence-corrected chi connectivity index (χ4v) is 2.67. The standard InChI is InChI=1S/C12H17BrN2O/c1-15-6-5-8(7-15)12(16)9-3-2-4-10(13)11(9)14/h2-4,8,12,16H,5-7,14H2,1H3. The number of likely N-dealkylation sites (tertiary alicyclic amines) is 1. The molecular formula is C12H17BrN2O. The molecule has 16 heavy (non-hydrogen) atoms. The van der Waals surface area contributed by atoms with E-state index in [1.807, 2.05) is 18.2 Å². The Balaban J connectivity index is 2.20. The molecule has 0 amide bonds. The molecule has 0 saturated carbocycles. The summed E-state index contributed by atoms with van der Waals surface area (Å²) in [6.45, 7) is 1.99. The van der Waals surface area contributed by atoms with Gasteiger partial charge in [0.15, 0.2) is 0 Å². The second kappa shape index (κ2) is 4.73. The molecule has 1 fully saturated rings. The number of hydrogen-bond acceptors (Lipinski definition) is 3. The lowest BCUT2D eigenvalue weighted by Crippen LogP contribution is -2.19. The van der Waals surface area contributed by atoms with Crippen LogP contribution in [0.3, 0.4) is 0 Å². The van der Waals surface area contributed by atoms with Gasteiger partial charge in [-0.05, 0) is 42.0 Å². The van der Waals surface area contributed by atoms with Crippen molar-refractivity contribution in [2.24, 2.45) is 5.92 Å². The van der Waals surface area contributed by atoms with Crippen molar-refractivity contribution in [1.29, 1.82) is 0 Å². The first-order valence-corrected chi connectivity index (χ1v) is 6.29. The van der Waals surface area contributed by atoms with Gasteiger partial charge in [-0.25, -0.2) is 0 Å². The first kappa shape index (κ1) is 11.9. The molecule has 4 heteroatoms. The molecule has 1 heterocycles. The van der Waals surface area contributed by atoms with Crippen LogP contribution in [0.5, 0.6) is 0 Å². The average Bonchev–Trinajstić information content (AvgIpc) is 2.68. The molecule has 1 aliphatic rings. The SMILES string of the molecule is CN1CCC(C(O)c2cccc(Br)c2N)C1. The molecule has 0 aromatic heterocycles. The fourth-order valence-electron chi connectivity index (χ4n) is 2.29. The van der Waals surface area contributed by atoms with Crippen LogP contribution in [0.2, 0.25) is 0 Å². The zero-order chi connectivity index (χ0) is 11.7. The number of halogens is 1. The van der Waals surface area contributed by atoms with Gasteiger partial charge in [0.1, 0.15) is 0 Å². The highest BCUT2D eigenvalue weighted by molar-refractivity contribution is 9.10. The summed E-state index contributed by atoms with van der Waals surface area (Å²) in [6.07, 6.45) is 0.575. The second-order valence-electron chi connectivity index (χ2n) is 4.50. The lowest BCUT2D eigenvalue weighted by atomic mass is 9.94. The Hall–Kier alpha value is -0.580. The normalized spacial score (nSPS) is 23.6. The summed E-state index contributed by atoms with van der Waals surface area (Å²) >= 11 is 3.39. The molecule has 88 valence electrons. The summed E-state index contributed by atoms with van der Waals surface area (Å²) in [5.74, 6) is 0.293. The third kappa shape index (κ3) is 2.24. The highest BCUT2D eigenvalue weighted by Crippen LogP contribution is 2.35. The van der Waals surface area contributed by atoms with E-state index >= 15 is 0 Å². The van der Waals surface area contributed by atoms with Crippen LogP contribution >= 0.6 is 15.9 Å². The lowest BCUT2D eigenvalue weighted by molar-refractivity contribution is 0.113. The van der Waals surface area contributed by atoms with Crippen LogP contribution in [-0.4, -0.2) is 30.1 Å². The van der Waals surface area contributed by atoms with Crippen LogP contribution in [0.25, 0.3) is 0 Å². The van der Waals surface area contributed by atoms with Crippen LogP contribution in [0.4, 0.5) is 5.69 Å². The molecule has 0 bridgehead atoms. The number of nitrogen functional groups attached to an aromatic ring is 1. The molecule has 3 N–H and O–H groups in total. The van der Waals surface area contributed by atoms with Crippen molar-refractivity contribution in [3.05, 3.63) is 28.2 Å². The van der Waals surface area contributed by atoms with Crippen molar-refractivity contribution in [2.75, 3.05) is 25.9 Å². The molecule has 2 rings (SSSR count). The summed E-state index contributed by atoms with van der Waals surface area (Å²) in [5, 5.41) is 10.3. The fraction of sp³-hybridized carbons (Fsp3) is 0.500. The summed E-state index contributed by atoms with van der Waals surface area (Å²) in [6, 6.07) is 5.72. The molecule has 0 spiro atoms. The summed E-state index contributed by atoms with van der Waals surface area (Å²) < 4.78 is 0.857. The van der Waals surface area contributed by atoms with Gasteiger partial charge in [-0.15, -0.1) is 0 Å². The average molecular weight is 285 g/mol. The van der Waals surface area contributed by atoms with Crippen molar-refractivity contribution >= 4 is 21.6 Å². The van der Waals surface area contributed by atoms with Crippen LogP contribution in [0, 0.1) is 5.92 Å². The van der Waals surface area contributed by atoms with Gasteiger partial charge in [-0.2, -0.15) is 0 Å². The van der Waals surface area contributed by atoms with E-state index in [1.54, 1.807) is 0 Å². The third-order valence-corrected chi connectivity index (χ3v) is 3.97. The summed E-state index contributed by atoms with van der Waals surface area (Å²) in [5.41, 5.74) is 7.46. The predicted molar refractivity (Wildman–Crippen MR) is 69.1 cm³/mol. The van der Waals surface area contributed by atoms with Crippen molar-refractivity contribution in [3.8, 4) is 0 Å². The third-order valence-electron chi connectivity index (χ3n) is 3.28. The minimum Gasteiger partial charge on any atom is -0.398 e. The van der Waals surface area contributed by atoms with Gasteiger partial charge in [0, 0.05) is 22.5 Å². The van der Waals surface area contributed by atoms with Gasteiger partial charge in [-0.1, -0.05) is 12.1 Å². The van der Waals surface area contributed by atoms with Gasteiger partial charge in [0.2, 0.25) is 0 Å². The largest absolute Gasteiger partial charge is 0.398 e. The summed E-state index contributed by atoms with van der Waals surface area (Å²) in [4.78, 5) is 2.24. The zero-order valence-electron chi connectivity index (χ0n) is 9.36. The number of hydrogen-bond donors (Lipinski definition) is 2. The second-order valence-corrected chi connectivity index (χ2v) is 5.35. The molecule has 1 aromatic carbocycles. The maximum atomic E-state index is 10.3. The Kier molecular flexibility index (Phi) is 3.52. The first-order valence-electron chi connectivity index (χ1n) is 5.50. The van der Waals surface area contributed by atoms with E-state index in [0.29, 0.717) is 11.6 Å². The number of anilines is 1. The molecule has 0 aliphatic carbocycles. The van der Waals surface area contributed by atoms with Gasteiger partial charge in [0.25, 0.3) is 0 Å². The van der Waals surface area contributed by atoms with Crippen LogP contribution in [0.15, 0.2) is 22.7 Å². The Morgan fingerprint density at radius 2 is 2.31 bits per heavy atom. The van der Waals surface area contributed by atoms with E-state index < -0.39 is 6.10 Å². The highest BCUT2D eigenvalue weighted by atomic mass is 79.9. The topological polar surface area (TPSA) is 49.5 Å². The number of nitrogens with two attached hydrogens (primary N) is 1. The van der Waals surface area contributed by atoms with Gasteiger partial charge < -0.3 is 15.7 Å². The van der Waals surface area contributed by atoms with E-state index in [4.69, 9.17) is 5.73 Å². The predicted octanol–water partition coefficient (Wildman–Crippen LogP) is 2.02. The van der Waals surface area contributed by atoms with E-state index in [-0.39, 0.29) is 0 Å². The monoisotopic (exact) mass is 284 g/mol. The number of aliphatic hydroxyl groups is 1. The van der Waals surface area contributed by atoms with E-state index in [2.05, 4.69) is 27.9 Å². The smallest absolute Gasteiger partial charge is 0.0851 e. The number of nitrogens with zero attached hydrogens (tertiary/aromatic N) is 1. The molecule has 3 nitrogen and oxygen atoms in total. The van der Waals surface area contributed by atoms with Gasteiger partial charge in [0.05, 0.1) is 11.8 Å². The maximum absolute atomic E-state index is 10.3. The van der Waals surface area contributed by atoms with Gasteiger partial charge >= 0.3 is 0 Å². The molecular weight excluding hydrogens is 268 g/mol. The lowest BCUT2D eigenvalue weighted by Gasteiger charge is -2.20. The highest BCUT2D eigenvalue weighted by Gasteiger charge is 2.28. The Morgan fingerprint density at radius 1 is 1.56 bits per heavy atom. The van der Waals surface area contributed by atoms with E-state index in [9.17, 15) is 5.11 Å². The van der Waals surface area contributed by atoms with E-state index in [0.717, 1.165) is 29.5 Å². The Morgan fingerprint density at radius 3 is 2.94 bits per heavy atom. The van der Waals surface area contributed by atoms with Gasteiger partial charge in [-0.3, -0.25) is 0 Å². The number of benzene rings is 1. The number of rotatable bonds is 2. The Labute approximate surface area is 104 Å². The van der Waals surface area contributed by atoms with Crippen molar-refractivity contribution < 1.29 is 5.11 Å². The molecule has 1 aliphatic heterocycles. The zero-order valence-corrected chi connectivity index (χ0v) is 10.9. The van der Waals surface area contributed by atoms with Crippen LogP contribution in [-0.2, 0) is 0 Å². The number of para-hydroxylation sites is 1. The number of aliphatic hydroxyl groups excluding tert-OH is 1. The summed E-state index contributed by atoms with van der Waals surface area (Å²) in [7, 11) is 2.08. The molecule has 2 atom stereocenters. The van der Waals surface area contributed by atoms with Crippen molar-refractivity contribution in [3.63, 3.8) is 0 Å².